The van der Waals surface area contributed by atoms with E-state index < -0.39 is 34.3 Å². The van der Waals surface area contributed by atoms with Gasteiger partial charge in [-0.05, 0) is 43.0 Å². The fourth-order valence-electron chi connectivity index (χ4n) is 3.88. The summed E-state index contributed by atoms with van der Waals surface area (Å²) in [5.74, 6) is -0.614. The highest BCUT2D eigenvalue weighted by molar-refractivity contribution is 7.89. The number of piperazine rings is 1. The normalized spacial score (nSPS) is 20.5. The average Bonchev–Trinajstić information content (AvgIpc) is 2.78. The van der Waals surface area contributed by atoms with Gasteiger partial charge >= 0.3 is 12.5 Å². The van der Waals surface area contributed by atoms with Crippen LogP contribution in [0, 0.1) is 5.92 Å². The van der Waals surface area contributed by atoms with Crippen LogP contribution in [0.25, 0.3) is 0 Å². The number of nitrogens with one attached hydrogen (secondary N) is 1. The van der Waals surface area contributed by atoms with E-state index in [2.05, 4.69) is 10.2 Å². The van der Waals surface area contributed by atoms with Gasteiger partial charge in [0.15, 0.2) is 0 Å². The number of rotatable bonds is 9. The van der Waals surface area contributed by atoms with Gasteiger partial charge in [0.1, 0.15) is 5.75 Å². The molecule has 0 saturated carbocycles. The molecule has 0 bridgehead atoms. The Bertz CT molecular complexity index is 830. The highest BCUT2D eigenvalue weighted by Crippen LogP contribution is 2.29. The van der Waals surface area contributed by atoms with E-state index in [1.807, 2.05) is 4.90 Å². The Kier molecular flexibility index (Phi) is 8.20. The third-order valence-corrected chi connectivity index (χ3v) is 7.67. The first kappa shape index (κ1) is 25.0. The molecular formula is C19H27F4N3O5S. The number of hydrogen-bond acceptors (Lipinski definition) is 7. The molecule has 2 N–H and O–H groups in total. The molecule has 182 valence electrons. The van der Waals surface area contributed by atoms with Crippen LogP contribution in [-0.4, -0.2) is 81.7 Å². The molecule has 1 aromatic rings. The Hall–Kier alpha value is -1.67. The topological polar surface area (TPSA) is 91.3 Å². The molecule has 3 rings (SSSR count). The summed E-state index contributed by atoms with van der Waals surface area (Å²) < 4.78 is 86.9. The second-order valence-corrected chi connectivity index (χ2v) is 9.82. The number of ether oxygens (including phenoxy) is 2. The molecule has 2 saturated heterocycles. The Morgan fingerprint density at radius 1 is 1.12 bits per heavy atom. The van der Waals surface area contributed by atoms with Crippen LogP contribution in [0.1, 0.15) is 12.8 Å². The number of nitrogens with zero attached hydrogens (tertiary/aromatic N) is 2. The van der Waals surface area contributed by atoms with Crippen LogP contribution in [-0.2, 0) is 14.8 Å². The highest BCUT2D eigenvalue weighted by Gasteiger charge is 2.44. The minimum Gasteiger partial charge on any atom is -0.428 e. The molecule has 0 amide bonds. The minimum absolute atomic E-state index is 0.00277. The molecule has 0 spiro atoms. The largest absolute Gasteiger partial charge is 0.461 e. The van der Waals surface area contributed by atoms with Crippen molar-refractivity contribution in [3.63, 3.8) is 0 Å². The van der Waals surface area contributed by atoms with Crippen molar-refractivity contribution in [2.75, 3.05) is 50.0 Å². The van der Waals surface area contributed by atoms with Crippen molar-refractivity contribution in [3.05, 3.63) is 24.3 Å². The van der Waals surface area contributed by atoms with Crippen LogP contribution < -0.4 is 15.1 Å². The summed E-state index contributed by atoms with van der Waals surface area (Å²) in [6.45, 7) is 2.23. The summed E-state index contributed by atoms with van der Waals surface area (Å²) in [6, 6.07) is 4.66. The van der Waals surface area contributed by atoms with Crippen molar-refractivity contribution in [1.82, 2.24) is 9.79 Å². The van der Waals surface area contributed by atoms with Gasteiger partial charge in [-0.25, -0.2) is 13.9 Å². The van der Waals surface area contributed by atoms with E-state index in [0.717, 1.165) is 0 Å². The molecule has 13 heteroatoms. The Morgan fingerprint density at radius 2 is 1.72 bits per heavy atom. The quantitative estimate of drug-likeness (QED) is 0.409. The van der Waals surface area contributed by atoms with Crippen molar-refractivity contribution in [3.8, 4) is 5.75 Å². The van der Waals surface area contributed by atoms with Gasteiger partial charge in [-0.1, -0.05) is 0 Å². The maximum Gasteiger partial charge on any atom is 0.461 e. The van der Waals surface area contributed by atoms with Gasteiger partial charge in [0.05, 0.1) is 11.8 Å². The summed E-state index contributed by atoms with van der Waals surface area (Å²) >= 11 is 0. The van der Waals surface area contributed by atoms with Crippen molar-refractivity contribution < 1.29 is 40.7 Å². The molecule has 2 aliphatic heterocycles. The Morgan fingerprint density at radius 3 is 2.25 bits per heavy atom. The lowest BCUT2D eigenvalue weighted by Crippen LogP contribution is -2.52. The molecule has 32 heavy (non-hydrogen) atoms. The zero-order valence-electron chi connectivity index (χ0n) is 17.3. The summed E-state index contributed by atoms with van der Waals surface area (Å²) in [5, 5.41) is 9.47. The Balaban J connectivity index is 1.54. The zero-order chi connectivity index (χ0) is 23.4. The maximum atomic E-state index is 13.0. The van der Waals surface area contributed by atoms with Crippen molar-refractivity contribution in [2.45, 2.75) is 31.4 Å². The van der Waals surface area contributed by atoms with E-state index in [1.54, 1.807) is 0 Å². The lowest BCUT2D eigenvalue weighted by molar-refractivity contribution is -0.253. The summed E-state index contributed by atoms with van der Waals surface area (Å²) in [6.07, 6.45) is -7.17. The Labute approximate surface area is 184 Å². The first-order valence-electron chi connectivity index (χ1n) is 10.3. The third-order valence-electron chi connectivity index (χ3n) is 5.73. The molecule has 0 unspecified atom stereocenters. The van der Waals surface area contributed by atoms with Gasteiger partial charge in [0.25, 0.3) is 0 Å². The monoisotopic (exact) mass is 485 g/mol. The fourth-order valence-corrected chi connectivity index (χ4v) is 5.61. The molecule has 2 fully saturated rings. The number of sulfonamides is 1. The molecule has 8 nitrogen and oxygen atoms in total. The number of hydrogen-bond donors (Lipinski definition) is 2. The zero-order valence-corrected chi connectivity index (χ0v) is 18.1. The number of benzene rings is 1. The summed E-state index contributed by atoms with van der Waals surface area (Å²) in [4.78, 5) is 1.86. The molecule has 1 atom stereocenters. The summed E-state index contributed by atoms with van der Waals surface area (Å²) in [5.41, 5.74) is 2.78. The van der Waals surface area contributed by atoms with E-state index in [-0.39, 0.29) is 24.8 Å². The van der Waals surface area contributed by atoms with Gasteiger partial charge in [-0.3, -0.25) is 0 Å². The van der Waals surface area contributed by atoms with E-state index >= 15 is 0 Å². The minimum atomic E-state index is -4.58. The number of hydroxylamine groups is 1. The smallest absolute Gasteiger partial charge is 0.428 e. The highest BCUT2D eigenvalue weighted by atomic mass is 32.2. The van der Waals surface area contributed by atoms with Crippen LogP contribution in [0.4, 0.5) is 23.2 Å². The van der Waals surface area contributed by atoms with Crippen molar-refractivity contribution >= 4 is 15.7 Å². The molecule has 2 aliphatic rings. The second kappa shape index (κ2) is 10.5. The van der Waals surface area contributed by atoms with E-state index in [0.29, 0.717) is 44.8 Å². The third kappa shape index (κ3) is 6.22. The van der Waals surface area contributed by atoms with Crippen LogP contribution in [0.5, 0.6) is 5.75 Å². The lowest BCUT2D eigenvalue weighted by Gasteiger charge is -2.37. The standard InChI is InChI=1S/C19H27F4N3O5S/c20-18(21)19(22,23)31-16-3-1-15(2-4-16)25-7-9-26(10-8-25)32(28,29)13-17(24-27)14-5-11-30-12-6-14/h1-4,14,17-18,24,27H,5-13H2/t17-/m1/s1. The van der Waals surface area contributed by atoms with E-state index in [1.165, 1.54) is 28.6 Å². The molecule has 0 radical (unpaired) electrons. The lowest BCUT2D eigenvalue weighted by atomic mass is 9.93. The van der Waals surface area contributed by atoms with Crippen molar-refractivity contribution in [1.29, 1.82) is 0 Å². The molecule has 2 heterocycles. The summed E-state index contributed by atoms with van der Waals surface area (Å²) in [7, 11) is -3.62. The molecule has 1 aromatic carbocycles. The van der Waals surface area contributed by atoms with Gasteiger partial charge in [-0.15, -0.1) is 0 Å². The first-order valence-corrected chi connectivity index (χ1v) is 11.9. The fraction of sp³-hybridized carbons (Fsp3) is 0.684. The van der Waals surface area contributed by atoms with Gasteiger partial charge in [0.2, 0.25) is 10.0 Å². The second-order valence-electron chi connectivity index (χ2n) is 7.81. The van der Waals surface area contributed by atoms with Crippen LogP contribution in [0.3, 0.4) is 0 Å². The predicted octanol–water partition coefficient (Wildman–Crippen LogP) is 2.15. The maximum absolute atomic E-state index is 13.0. The van der Waals surface area contributed by atoms with E-state index in [4.69, 9.17) is 4.74 Å². The molecule has 0 aromatic heterocycles. The SMILES string of the molecule is O=S(=O)(C[C@@H](NO)C1CCOCC1)N1CCN(c2ccc(OC(F)(F)C(F)F)cc2)CC1. The van der Waals surface area contributed by atoms with Crippen LogP contribution >= 0.6 is 0 Å². The number of alkyl halides is 4. The van der Waals surface area contributed by atoms with Gasteiger partial charge in [-0.2, -0.15) is 21.9 Å². The number of anilines is 1. The average molecular weight is 486 g/mol. The van der Waals surface area contributed by atoms with Gasteiger partial charge < -0.3 is 19.6 Å². The number of halogens is 4. The molecule has 0 aliphatic carbocycles. The van der Waals surface area contributed by atoms with Crippen LogP contribution in [0.15, 0.2) is 24.3 Å². The van der Waals surface area contributed by atoms with Crippen molar-refractivity contribution in [2.24, 2.45) is 5.92 Å². The van der Waals surface area contributed by atoms with Crippen LogP contribution in [0.2, 0.25) is 0 Å². The van der Waals surface area contributed by atoms with E-state index in [9.17, 15) is 31.2 Å². The predicted molar refractivity (Wildman–Crippen MR) is 108 cm³/mol. The van der Waals surface area contributed by atoms with Gasteiger partial charge in [0, 0.05) is 45.1 Å². The molecular weight excluding hydrogens is 458 g/mol. The first-order chi connectivity index (χ1) is 15.1.